The van der Waals surface area contributed by atoms with Gasteiger partial charge in [-0.2, -0.15) is 0 Å². The van der Waals surface area contributed by atoms with Crippen molar-refractivity contribution in [1.29, 1.82) is 0 Å². The Morgan fingerprint density at radius 3 is 1.60 bits per heavy atom. The first kappa shape index (κ1) is 29.0. The average molecular weight is 585 g/mol. The molecule has 0 bridgehead atoms. The number of non-ortho nitro benzene ring substituents is 2. The Kier molecular flexibility index (Phi) is 9.22. The molecule has 3 aromatic carbocycles. The topological polar surface area (TPSA) is 186 Å². The van der Waals surface area contributed by atoms with Crippen molar-refractivity contribution in [3.63, 3.8) is 0 Å². The molecule has 4 aromatic rings. The van der Waals surface area contributed by atoms with Crippen molar-refractivity contribution >= 4 is 69.1 Å². The molecular weight excluding hydrogens is 564 g/mol. The van der Waals surface area contributed by atoms with Crippen LogP contribution < -0.4 is 16.0 Å². The molecule has 0 fully saturated rings. The van der Waals surface area contributed by atoms with Gasteiger partial charge in [0.05, 0.1) is 9.85 Å². The number of rotatable bonds is 10. The second-order valence-corrected chi connectivity index (χ2v) is 9.33. The first-order valence-electron chi connectivity index (χ1n) is 12.0. The number of thiazole rings is 1. The molecule has 42 heavy (non-hydrogen) atoms. The Morgan fingerprint density at radius 2 is 1.19 bits per heavy atom. The number of nitrogens with zero attached hydrogens (tertiary/aromatic N) is 3. The zero-order valence-electron chi connectivity index (χ0n) is 21.4. The summed E-state index contributed by atoms with van der Waals surface area (Å²) >= 11 is 1.21. The predicted octanol–water partition coefficient (Wildman–Crippen LogP) is 5.52. The first-order chi connectivity index (χ1) is 20.2. The monoisotopic (exact) mass is 584 g/mol. The number of anilines is 3. The van der Waals surface area contributed by atoms with Crippen molar-refractivity contribution in [1.82, 2.24) is 4.98 Å². The molecule has 14 heteroatoms. The van der Waals surface area contributed by atoms with Gasteiger partial charge in [-0.1, -0.05) is 0 Å². The molecule has 0 unspecified atom stereocenters. The minimum absolute atomic E-state index is 0.0818. The van der Waals surface area contributed by atoms with Crippen LogP contribution in [0.2, 0.25) is 0 Å². The number of hydrogen-bond acceptors (Lipinski definition) is 9. The van der Waals surface area contributed by atoms with Gasteiger partial charge in [-0.05, 0) is 65.7 Å². The minimum Gasteiger partial charge on any atom is -0.322 e. The highest BCUT2D eigenvalue weighted by atomic mass is 32.1. The number of hydrogen-bond donors (Lipinski definition) is 3. The van der Waals surface area contributed by atoms with E-state index in [0.717, 1.165) is 0 Å². The Bertz CT molecular complexity index is 1600. The van der Waals surface area contributed by atoms with Gasteiger partial charge in [0, 0.05) is 64.9 Å². The Balaban J connectivity index is 1.50. The highest BCUT2D eigenvalue weighted by Gasteiger charge is 2.13. The van der Waals surface area contributed by atoms with Crippen LogP contribution in [-0.4, -0.2) is 32.6 Å². The quantitative estimate of drug-likeness (QED) is 0.123. The summed E-state index contributed by atoms with van der Waals surface area (Å²) in [6.07, 6.45) is 6.88. The van der Waals surface area contributed by atoms with Crippen molar-refractivity contribution in [3.8, 4) is 0 Å². The van der Waals surface area contributed by atoms with Gasteiger partial charge in [0.25, 0.3) is 17.3 Å². The number of aromatic nitrogens is 1. The Hall–Kier alpha value is -6.02. The zero-order valence-corrected chi connectivity index (χ0v) is 22.2. The summed E-state index contributed by atoms with van der Waals surface area (Å²) in [4.78, 5) is 62.7. The molecule has 3 amide bonds. The maximum atomic E-state index is 12.9. The van der Waals surface area contributed by atoms with Gasteiger partial charge in [-0.15, -0.1) is 11.3 Å². The Morgan fingerprint density at radius 1 is 0.714 bits per heavy atom. The Labute approximate surface area is 241 Å². The zero-order chi connectivity index (χ0) is 30.1. The van der Waals surface area contributed by atoms with Gasteiger partial charge >= 0.3 is 0 Å². The van der Waals surface area contributed by atoms with E-state index in [1.807, 2.05) is 0 Å². The number of nitro groups is 2. The van der Waals surface area contributed by atoms with Crippen LogP contribution in [0.3, 0.4) is 0 Å². The van der Waals surface area contributed by atoms with Gasteiger partial charge in [-0.3, -0.25) is 39.9 Å². The molecule has 0 aliphatic rings. The first-order valence-corrected chi connectivity index (χ1v) is 12.9. The second-order valence-electron chi connectivity index (χ2n) is 8.43. The highest BCUT2D eigenvalue weighted by Crippen LogP contribution is 2.22. The number of nitro benzene ring substituents is 2. The van der Waals surface area contributed by atoms with Crippen LogP contribution in [0.4, 0.5) is 27.9 Å². The molecule has 0 atom stereocenters. The van der Waals surface area contributed by atoms with Gasteiger partial charge in [0.2, 0.25) is 11.8 Å². The molecule has 0 aliphatic heterocycles. The average Bonchev–Trinajstić information content (AvgIpc) is 3.48. The molecule has 4 rings (SSSR count). The van der Waals surface area contributed by atoms with Gasteiger partial charge in [0.15, 0.2) is 5.13 Å². The van der Waals surface area contributed by atoms with E-state index >= 15 is 0 Å². The molecule has 3 N–H and O–H groups in total. The third kappa shape index (κ3) is 8.24. The summed E-state index contributed by atoms with van der Waals surface area (Å²) < 4.78 is 0. The SMILES string of the molecule is O=C(/C=C/c1ccc([N+](=O)[O-])cc1)Nc1cc(NC(=O)/C=C/c2ccc([N+](=O)[O-])cc2)cc(C(=O)Nc2nccs2)c1. The molecule has 210 valence electrons. The lowest BCUT2D eigenvalue weighted by molar-refractivity contribution is -0.385. The lowest BCUT2D eigenvalue weighted by Gasteiger charge is -2.11. The molecule has 0 saturated heterocycles. The fourth-order valence-corrected chi connectivity index (χ4v) is 4.01. The van der Waals surface area contributed by atoms with Crippen molar-refractivity contribution in [2.24, 2.45) is 0 Å². The van der Waals surface area contributed by atoms with E-state index in [-0.39, 0.29) is 28.3 Å². The largest absolute Gasteiger partial charge is 0.322 e. The second kappa shape index (κ2) is 13.4. The summed E-state index contributed by atoms with van der Waals surface area (Å²) in [5, 5.41) is 31.6. The van der Waals surface area contributed by atoms with Crippen LogP contribution >= 0.6 is 11.3 Å². The number of carbonyl (C=O) groups excluding carboxylic acids is 3. The normalized spacial score (nSPS) is 10.9. The fraction of sp³-hybridized carbons (Fsp3) is 0. The fourth-order valence-electron chi connectivity index (χ4n) is 3.48. The highest BCUT2D eigenvalue weighted by molar-refractivity contribution is 7.13. The van der Waals surface area contributed by atoms with E-state index in [9.17, 15) is 34.6 Å². The smallest absolute Gasteiger partial charge is 0.269 e. The van der Waals surface area contributed by atoms with Gasteiger partial charge in [0.1, 0.15) is 0 Å². The summed E-state index contributed by atoms with van der Waals surface area (Å²) in [6, 6.07) is 15.5. The summed E-state index contributed by atoms with van der Waals surface area (Å²) in [7, 11) is 0. The van der Waals surface area contributed by atoms with Crippen LogP contribution in [0.1, 0.15) is 21.5 Å². The maximum Gasteiger partial charge on any atom is 0.269 e. The van der Waals surface area contributed by atoms with Crippen molar-refractivity contribution in [3.05, 3.63) is 127 Å². The molecule has 0 radical (unpaired) electrons. The van der Waals surface area contributed by atoms with E-state index in [0.29, 0.717) is 16.3 Å². The van der Waals surface area contributed by atoms with E-state index in [4.69, 9.17) is 0 Å². The van der Waals surface area contributed by atoms with Crippen molar-refractivity contribution in [2.75, 3.05) is 16.0 Å². The lowest BCUT2D eigenvalue weighted by Crippen LogP contribution is -2.15. The number of benzene rings is 3. The third-order valence-electron chi connectivity index (χ3n) is 5.45. The maximum absolute atomic E-state index is 12.9. The van der Waals surface area contributed by atoms with Gasteiger partial charge < -0.3 is 10.6 Å². The third-order valence-corrected chi connectivity index (χ3v) is 6.13. The summed E-state index contributed by atoms with van der Waals surface area (Å²) in [5.41, 5.74) is 1.48. The molecule has 1 aromatic heterocycles. The van der Waals surface area contributed by atoms with Crippen LogP contribution in [0, 0.1) is 20.2 Å². The summed E-state index contributed by atoms with van der Waals surface area (Å²) in [6.45, 7) is 0. The van der Waals surface area contributed by atoms with E-state index in [1.54, 1.807) is 5.38 Å². The minimum atomic E-state index is -0.554. The van der Waals surface area contributed by atoms with Crippen LogP contribution in [0.5, 0.6) is 0 Å². The molecule has 0 aliphatic carbocycles. The van der Waals surface area contributed by atoms with Crippen molar-refractivity contribution in [2.45, 2.75) is 0 Å². The molecule has 13 nitrogen and oxygen atoms in total. The van der Waals surface area contributed by atoms with Crippen molar-refractivity contribution < 1.29 is 24.2 Å². The number of amides is 3. The predicted molar refractivity (Wildman–Crippen MR) is 158 cm³/mol. The van der Waals surface area contributed by atoms with Crippen LogP contribution in [-0.2, 0) is 9.59 Å². The van der Waals surface area contributed by atoms with Crippen LogP contribution in [0.15, 0.2) is 90.5 Å². The van der Waals surface area contributed by atoms with E-state index in [2.05, 4.69) is 20.9 Å². The molecule has 0 saturated carbocycles. The van der Waals surface area contributed by atoms with E-state index < -0.39 is 27.6 Å². The van der Waals surface area contributed by atoms with E-state index in [1.165, 1.54) is 109 Å². The number of carbonyl (C=O) groups is 3. The van der Waals surface area contributed by atoms with Gasteiger partial charge in [-0.25, -0.2) is 4.98 Å². The standard InChI is InChI=1S/C28H20N6O7S/c35-25(11-5-18-1-7-23(8-2-18)33(38)39)30-21-15-20(27(37)32-28-29-13-14-42-28)16-22(17-21)31-26(36)12-6-19-3-9-24(10-4-19)34(40)41/h1-17H,(H,30,35)(H,31,36)(H,29,32,37)/b11-5+,12-6+. The summed E-state index contributed by atoms with van der Waals surface area (Å²) in [5.74, 6) is -1.64. The number of nitrogens with one attached hydrogen (secondary N) is 3. The van der Waals surface area contributed by atoms with Crippen LogP contribution in [0.25, 0.3) is 12.2 Å². The molecule has 0 spiro atoms. The molecule has 1 heterocycles. The lowest BCUT2D eigenvalue weighted by atomic mass is 10.1. The molecular formula is C28H20N6O7S.